The van der Waals surface area contributed by atoms with E-state index in [2.05, 4.69) is 25.0 Å². The Kier molecular flexibility index (Phi) is 9.28. The number of nitrogens with one attached hydrogen (secondary N) is 2. The number of aryl methyl sites for hydroxylation is 1. The van der Waals surface area contributed by atoms with Crippen molar-refractivity contribution in [1.82, 2.24) is 20.2 Å². The van der Waals surface area contributed by atoms with Crippen LogP contribution < -0.4 is 10.1 Å². The summed E-state index contributed by atoms with van der Waals surface area (Å²) in [6.45, 7) is -1.46. The Bertz CT molecular complexity index is 913. The van der Waals surface area contributed by atoms with Gasteiger partial charge in [0.1, 0.15) is 11.6 Å². The van der Waals surface area contributed by atoms with E-state index in [1.54, 1.807) is 31.3 Å². The van der Waals surface area contributed by atoms with Crippen molar-refractivity contribution in [2.24, 2.45) is 4.99 Å². The maximum atomic E-state index is 12.2. The molecule has 9 heteroatoms. The molecule has 30 heavy (non-hydrogen) atoms. The molecule has 0 radical (unpaired) electrons. The number of aromatic amines is 1. The van der Waals surface area contributed by atoms with Crippen molar-refractivity contribution in [2.45, 2.75) is 26.0 Å². The van der Waals surface area contributed by atoms with E-state index in [9.17, 15) is 8.78 Å². The second-order valence-corrected chi connectivity index (χ2v) is 6.66. The molecular weight excluding hydrogens is 503 g/mol. The minimum absolute atomic E-state index is 0. The molecule has 0 saturated heterocycles. The highest BCUT2D eigenvalue weighted by Gasteiger charge is 2.08. The molecular formula is C21H26F2IN5O. The first-order valence-electron chi connectivity index (χ1n) is 9.44. The molecule has 0 fully saturated rings. The molecule has 162 valence electrons. The standard InChI is InChI=1S/C21H25F2N5O.HI/c1-24-21(28(2)14-15-9-11-16(12-10-15)29-20(22)23)25-13-5-8-19-26-17-6-3-4-7-18(17)27-19;/h3-4,6-7,9-12,20H,5,8,13-14H2,1-2H3,(H,24,25)(H,26,27);1H. The van der Waals surface area contributed by atoms with Crippen molar-refractivity contribution < 1.29 is 13.5 Å². The quantitative estimate of drug-likeness (QED) is 0.196. The zero-order valence-electron chi connectivity index (χ0n) is 16.9. The van der Waals surface area contributed by atoms with E-state index >= 15 is 0 Å². The molecule has 0 bridgehead atoms. The van der Waals surface area contributed by atoms with Crippen LogP contribution in [0.5, 0.6) is 5.75 Å². The van der Waals surface area contributed by atoms with Crippen LogP contribution in [-0.4, -0.2) is 48.1 Å². The molecule has 0 saturated carbocycles. The fourth-order valence-electron chi connectivity index (χ4n) is 3.09. The van der Waals surface area contributed by atoms with Crippen molar-refractivity contribution >= 4 is 41.0 Å². The number of ether oxygens (including phenoxy) is 1. The number of para-hydroxylation sites is 2. The Labute approximate surface area is 191 Å². The Hall–Kier alpha value is -2.43. The molecule has 1 aromatic heterocycles. The van der Waals surface area contributed by atoms with Gasteiger partial charge in [0.05, 0.1) is 11.0 Å². The van der Waals surface area contributed by atoms with Gasteiger partial charge in [0, 0.05) is 33.6 Å². The van der Waals surface area contributed by atoms with Gasteiger partial charge in [0.2, 0.25) is 0 Å². The van der Waals surface area contributed by atoms with Crippen LogP contribution in [0.4, 0.5) is 8.78 Å². The van der Waals surface area contributed by atoms with Crippen LogP contribution >= 0.6 is 24.0 Å². The Morgan fingerprint density at radius 3 is 2.60 bits per heavy atom. The third-order valence-electron chi connectivity index (χ3n) is 4.45. The highest BCUT2D eigenvalue weighted by atomic mass is 127. The average molecular weight is 529 g/mol. The van der Waals surface area contributed by atoms with E-state index in [0.717, 1.165) is 47.8 Å². The second-order valence-electron chi connectivity index (χ2n) is 6.66. The first kappa shape index (κ1) is 23.8. The third-order valence-corrected chi connectivity index (χ3v) is 4.45. The molecule has 2 aromatic carbocycles. The van der Waals surface area contributed by atoms with Gasteiger partial charge in [0.25, 0.3) is 0 Å². The molecule has 6 nitrogen and oxygen atoms in total. The smallest absolute Gasteiger partial charge is 0.387 e. The fourth-order valence-corrected chi connectivity index (χ4v) is 3.09. The molecule has 0 spiro atoms. The van der Waals surface area contributed by atoms with Gasteiger partial charge in [-0.2, -0.15) is 8.78 Å². The van der Waals surface area contributed by atoms with Gasteiger partial charge in [-0.05, 0) is 36.2 Å². The van der Waals surface area contributed by atoms with Crippen LogP contribution in [0.3, 0.4) is 0 Å². The Balaban J connectivity index is 0.00000320. The number of aromatic nitrogens is 2. The molecule has 0 amide bonds. The Morgan fingerprint density at radius 2 is 1.93 bits per heavy atom. The number of rotatable bonds is 8. The van der Waals surface area contributed by atoms with E-state index in [1.165, 1.54) is 0 Å². The van der Waals surface area contributed by atoms with Gasteiger partial charge < -0.3 is 19.9 Å². The van der Waals surface area contributed by atoms with E-state index < -0.39 is 6.61 Å². The highest BCUT2D eigenvalue weighted by Crippen LogP contribution is 2.16. The summed E-state index contributed by atoms with van der Waals surface area (Å²) in [5.74, 6) is 1.89. The normalized spacial score (nSPS) is 11.4. The van der Waals surface area contributed by atoms with Crippen LogP contribution in [0.1, 0.15) is 17.8 Å². The number of hydrogen-bond donors (Lipinski definition) is 2. The highest BCUT2D eigenvalue weighted by molar-refractivity contribution is 14.0. The zero-order valence-corrected chi connectivity index (χ0v) is 19.3. The first-order valence-corrected chi connectivity index (χ1v) is 9.44. The molecule has 1 heterocycles. The van der Waals surface area contributed by atoms with E-state index in [1.807, 2.05) is 36.2 Å². The zero-order chi connectivity index (χ0) is 20.6. The largest absolute Gasteiger partial charge is 0.435 e. The van der Waals surface area contributed by atoms with Gasteiger partial charge in [-0.3, -0.25) is 4.99 Å². The molecule has 2 N–H and O–H groups in total. The topological polar surface area (TPSA) is 65.5 Å². The molecule has 0 aliphatic heterocycles. The maximum absolute atomic E-state index is 12.2. The van der Waals surface area contributed by atoms with Gasteiger partial charge in [-0.25, -0.2) is 4.98 Å². The molecule has 0 aliphatic rings. The number of alkyl halides is 2. The van der Waals surface area contributed by atoms with Crippen molar-refractivity contribution in [3.8, 4) is 5.75 Å². The number of H-pyrrole nitrogens is 1. The minimum atomic E-state index is -2.81. The summed E-state index contributed by atoms with van der Waals surface area (Å²) in [5, 5.41) is 3.34. The predicted molar refractivity (Wildman–Crippen MR) is 126 cm³/mol. The van der Waals surface area contributed by atoms with Crippen molar-refractivity contribution in [2.75, 3.05) is 20.6 Å². The number of imidazole rings is 1. The maximum Gasteiger partial charge on any atom is 0.387 e. The van der Waals surface area contributed by atoms with Gasteiger partial charge in [0.15, 0.2) is 5.96 Å². The average Bonchev–Trinajstić information content (AvgIpc) is 3.12. The van der Waals surface area contributed by atoms with Crippen molar-refractivity contribution in [1.29, 1.82) is 0 Å². The minimum Gasteiger partial charge on any atom is -0.435 e. The van der Waals surface area contributed by atoms with Crippen LogP contribution in [-0.2, 0) is 13.0 Å². The number of hydrogen-bond acceptors (Lipinski definition) is 3. The monoisotopic (exact) mass is 529 g/mol. The van der Waals surface area contributed by atoms with Gasteiger partial charge in [-0.1, -0.05) is 24.3 Å². The lowest BCUT2D eigenvalue weighted by atomic mass is 10.2. The lowest BCUT2D eigenvalue weighted by molar-refractivity contribution is -0.0498. The molecule has 0 aliphatic carbocycles. The summed E-state index contributed by atoms with van der Waals surface area (Å²) >= 11 is 0. The van der Waals surface area contributed by atoms with Crippen molar-refractivity contribution in [3.05, 3.63) is 59.9 Å². The third kappa shape index (κ3) is 6.82. The number of fused-ring (bicyclic) bond motifs is 1. The van der Waals surface area contributed by atoms with E-state index in [0.29, 0.717) is 6.54 Å². The molecule has 3 aromatic rings. The van der Waals surface area contributed by atoms with E-state index in [4.69, 9.17) is 0 Å². The summed E-state index contributed by atoms with van der Waals surface area (Å²) in [4.78, 5) is 14.2. The second kappa shape index (κ2) is 11.7. The van der Waals surface area contributed by atoms with Crippen molar-refractivity contribution in [3.63, 3.8) is 0 Å². The van der Waals surface area contributed by atoms with Gasteiger partial charge >= 0.3 is 6.61 Å². The number of halogens is 3. The molecule has 3 rings (SSSR count). The number of nitrogens with zero attached hydrogens (tertiary/aromatic N) is 3. The van der Waals surface area contributed by atoms with Crippen LogP contribution in [0.2, 0.25) is 0 Å². The fraction of sp³-hybridized carbons (Fsp3) is 0.333. The number of guanidine groups is 1. The summed E-state index contributed by atoms with van der Waals surface area (Å²) in [7, 11) is 3.66. The number of aliphatic imine (C=N–C) groups is 1. The summed E-state index contributed by atoms with van der Waals surface area (Å²) in [6.07, 6.45) is 1.75. The van der Waals surface area contributed by atoms with Crippen LogP contribution in [0, 0.1) is 0 Å². The number of benzene rings is 2. The predicted octanol–water partition coefficient (Wildman–Crippen LogP) is 4.42. The van der Waals surface area contributed by atoms with Crippen LogP contribution in [0.25, 0.3) is 11.0 Å². The molecule has 0 atom stereocenters. The summed E-state index contributed by atoms with van der Waals surface area (Å²) < 4.78 is 28.8. The van der Waals surface area contributed by atoms with Crippen LogP contribution in [0.15, 0.2) is 53.5 Å². The summed E-state index contributed by atoms with van der Waals surface area (Å²) in [5.41, 5.74) is 3.01. The lowest BCUT2D eigenvalue weighted by Gasteiger charge is -2.22. The first-order chi connectivity index (χ1) is 14.0. The lowest BCUT2D eigenvalue weighted by Crippen LogP contribution is -2.39. The van der Waals surface area contributed by atoms with Gasteiger partial charge in [-0.15, -0.1) is 24.0 Å². The SMILES string of the molecule is CN=C(NCCCc1nc2ccccc2[nH]1)N(C)Cc1ccc(OC(F)F)cc1.I. The molecule has 0 unspecified atom stereocenters. The Morgan fingerprint density at radius 1 is 1.20 bits per heavy atom. The van der Waals surface area contributed by atoms with E-state index in [-0.39, 0.29) is 29.7 Å². The summed E-state index contributed by atoms with van der Waals surface area (Å²) in [6, 6.07) is 14.6.